The summed E-state index contributed by atoms with van der Waals surface area (Å²) < 4.78 is 10.9. The van der Waals surface area contributed by atoms with Crippen LogP contribution in [-0.2, 0) is 11.2 Å². The highest BCUT2D eigenvalue weighted by atomic mass is 16.6. The van der Waals surface area contributed by atoms with E-state index in [1.165, 1.54) is 25.5 Å². The average molecular weight is 379 g/mol. The molecular formula is C20H17N3O5. The number of methoxy groups -OCH3 is 1. The molecular weight excluding hydrogens is 362 g/mol. The molecule has 0 aliphatic heterocycles. The SMILES string of the molecule is COc1cc([N+](=O)[O-])ccc1-c1ccc(/C=N\NC(=O)Cc2ccccc2)o1. The number of nitrogens with one attached hydrogen (secondary N) is 1. The number of hydrogen-bond donors (Lipinski definition) is 1. The summed E-state index contributed by atoms with van der Waals surface area (Å²) in [6, 6.07) is 16.9. The predicted molar refractivity (Wildman–Crippen MR) is 103 cm³/mol. The smallest absolute Gasteiger partial charge is 0.273 e. The molecule has 3 aromatic rings. The molecule has 2 aromatic carbocycles. The van der Waals surface area contributed by atoms with Gasteiger partial charge in [0.25, 0.3) is 5.69 Å². The second kappa shape index (κ2) is 8.63. The van der Waals surface area contributed by atoms with Gasteiger partial charge in [0.2, 0.25) is 5.91 Å². The van der Waals surface area contributed by atoms with Crippen molar-refractivity contribution in [3.63, 3.8) is 0 Å². The van der Waals surface area contributed by atoms with Gasteiger partial charge in [-0.3, -0.25) is 14.9 Å². The number of rotatable bonds is 7. The number of furan rings is 1. The third kappa shape index (κ3) is 4.61. The van der Waals surface area contributed by atoms with Crippen LogP contribution in [0.1, 0.15) is 11.3 Å². The Bertz CT molecular complexity index is 1010. The van der Waals surface area contributed by atoms with Gasteiger partial charge in [-0.15, -0.1) is 0 Å². The highest BCUT2D eigenvalue weighted by molar-refractivity contribution is 5.82. The normalized spacial score (nSPS) is 10.8. The molecule has 3 rings (SSSR count). The van der Waals surface area contributed by atoms with E-state index in [-0.39, 0.29) is 18.0 Å². The van der Waals surface area contributed by atoms with Crippen molar-refractivity contribution in [2.45, 2.75) is 6.42 Å². The summed E-state index contributed by atoms with van der Waals surface area (Å²) in [5.41, 5.74) is 3.83. The Morgan fingerprint density at radius 3 is 2.71 bits per heavy atom. The minimum absolute atomic E-state index is 0.0740. The van der Waals surface area contributed by atoms with Crippen molar-refractivity contribution >= 4 is 17.8 Å². The number of non-ortho nitro benzene ring substituents is 1. The van der Waals surface area contributed by atoms with E-state index < -0.39 is 4.92 Å². The maximum absolute atomic E-state index is 11.9. The maximum atomic E-state index is 11.9. The molecule has 0 fully saturated rings. The number of benzene rings is 2. The zero-order valence-electron chi connectivity index (χ0n) is 15.0. The van der Waals surface area contributed by atoms with Gasteiger partial charge in [0, 0.05) is 6.07 Å². The fourth-order valence-electron chi connectivity index (χ4n) is 2.55. The summed E-state index contributed by atoms with van der Waals surface area (Å²) in [7, 11) is 1.43. The summed E-state index contributed by atoms with van der Waals surface area (Å²) in [5.74, 6) is 0.952. The van der Waals surface area contributed by atoms with Crippen molar-refractivity contribution in [1.29, 1.82) is 0 Å². The van der Waals surface area contributed by atoms with Crippen molar-refractivity contribution < 1.29 is 18.9 Å². The van der Waals surface area contributed by atoms with E-state index in [0.717, 1.165) is 5.56 Å². The molecule has 0 unspecified atom stereocenters. The van der Waals surface area contributed by atoms with Gasteiger partial charge in [-0.2, -0.15) is 5.10 Å². The van der Waals surface area contributed by atoms with E-state index >= 15 is 0 Å². The zero-order valence-corrected chi connectivity index (χ0v) is 15.0. The number of nitrogens with zero attached hydrogens (tertiary/aromatic N) is 2. The van der Waals surface area contributed by atoms with E-state index in [0.29, 0.717) is 22.8 Å². The second-order valence-corrected chi connectivity index (χ2v) is 5.80. The Hall–Kier alpha value is -3.94. The topological polar surface area (TPSA) is 107 Å². The number of nitro benzene ring substituents is 1. The molecule has 0 saturated heterocycles. The quantitative estimate of drug-likeness (QED) is 0.384. The van der Waals surface area contributed by atoms with E-state index in [4.69, 9.17) is 9.15 Å². The van der Waals surface area contributed by atoms with Crippen LogP contribution in [0.3, 0.4) is 0 Å². The van der Waals surface area contributed by atoms with Crippen LogP contribution in [0.15, 0.2) is 70.2 Å². The van der Waals surface area contributed by atoms with E-state index in [1.807, 2.05) is 30.3 Å². The van der Waals surface area contributed by atoms with Crippen LogP contribution in [0.4, 0.5) is 5.69 Å². The molecule has 1 heterocycles. The predicted octanol–water partition coefficient (Wildman–Crippen LogP) is 3.56. The molecule has 0 radical (unpaired) electrons. The molecule has 8 nitrogen and oxygen atoms in total. The number of carbonyl (C=O) groups excluding carboxylic acids is 1. The standard InChI is InChI=1S/C20H17N3O5/c1-27-19-12-15(23(25)26)7-9-17(19)18-10-8-16(28-18)13-21-22-20(24)11-14-5-3-2-4-6-14/h2-10,12-13H,11H2,1H3,(H,22,24)/b21-13-. The molecule has 1 aromatic heterocycles. The number of hydrogen-bond acceptors (Lipinski definition) is 6. The highest BCUT2D eigenvalue weighted by Crippen LogP contribution is 2.33. The van der Waals surface area contributed by atoms with E-state index in [2.05, 4.69) is 10.5 Å². The largest absolute Gasteiger partial charge is 0.496 e. The van der Waals surface area contributed by atoms with Gasteiger partial charge < -0.3 is 9.15 Å². The van der Waals surface area contributed by atoms with Gasteiger partial charge >= 0.3 is 0 Å². The molecule has 0 saturated carbocycles. The van der Waals surface area contributed by atoms with Crippen LogP contribution in [-0.4, -0.2) is 24.2 Å². The fourth-order valence-corrected chi connectivity index (χ4v) is 2.55. The highest BCUT2D eigenvalue weighted by Gasteiger charge is 2.15. The number of hydrazone groups is 1. The first-order chi connectivity index (χ1) is 13.6. The Labute approximate surface area is 160 Å². The minimum atomic E-state index is -0.495. The van der Waals surface area contributed by atoms with Gasteiger partial charge in [0.15, 0.2) is 0 Å². The lowest BCUT2D eigenvalue weighted by Crippen LogP contribution is -2.19. The zero-order chi connectivity index (χ0) is 19.9. The molecule has 0 aliphatic carbocycles. The summed E-state index contributed by atoms with van der Waals surface area (Å²) in [5, 5.41) is 14.8. The van der Waals surface area contributed by atoms with Crippen LogP contribution in [0, 0.1) is 10.1 Å². The molecule has 0 atom stereocenters. The maximum Gasteiger partial charge on any atom is 0.273 e. The molecule has 142 valence electrons. The molecule has 0 bridgehead atoms. The molecule has 8 heteroatoms. The molecule has 0 spiro atoms. The number of carbonyl (C=O) groups is 1. The molecule has 0 aliphatic rings. The van der Waals surface area contributed by atoms with Gasteiger partial charge in [-0.05, 0) is 23.8 Å². The lowest BCUT2D eigenvalue weighted by atomic mass is 10.1. The Morgan fingerprint density at radius 2 is 2.00 bits per heavy atom. The Balaban J connectivity index is 1.66. The third-order valence-electron chi connectivity index (χ3n) is 3.88. The van der Waals surface area contributed by atoms with Crippen molar-refractivity contribution in [3.05, 3.63) is 82.1 Å². The van der Waals surface area contributed by atoms with E-state index in [9.17, 15) is 14.9 Å². The Morgan fingerprint density at radius 1 is 1.21 bits per heavy atom. The lowest BCUT2D eigenvalue weighted by Gasteiger charge is -2.05. The van der Waals surface area contributed by atoms with Crippen molar-refractivity contribution in [3.8, 4) is 17.1 Å². The van der Waals surface area contributed by atoms with Crippen LogP contribution in [0.25, 0.3) is 11.3 Å². The number of ether oxygens (including phenoxy) is 1. The first-order valence-electron chi connectivity index (χ1n) is 8.35. The van der Waals surface area contributed by atoms with E-state index in [1.54, 1.807) is 18.2 Å². The summed E-state index contributed by atoms with van der Waals surface area (Å²) in [4.78, 5) is 22.3. The lowest BCUT2D eigenvalue weighted by molar-refractivity contribution is -0.384. The summed E-state index contributed by atoms with van der Waals surface area (Å²) >= 11 is 0. The molecule has 28 heavy (non-hydrogen) atoms. The monoisotopic (exact) mass is 379 g/mol. The first kappa shape index (κ1) is 18.8. The summed E-state index contributed by atoms with van der Waals surface area (Å²) in [6.07, 6.45) is 1.60. The first-order valence-corrected chi connectivity index (χ1v) is 8.35. The minimum Gasteiger partial charge on any atom is -0.496 e. The number of nitro groups is 1. The average Bonchev–Trinajstić information content (AvgIpc) is 3.16. The number of amides is 1. The van der Waals surface area contributed by atoms with Crippen LogP contribution >= 0.6 is 0 Å². The van der Waals surface area contributed by atoms with Gasteiger partial charge in [0.1, 0.15) is 17.3 Å². The van der Waals surface area contributed by atoms with Crippen molar-refractivity contribution in [1.82, 2.24) is 5.43 Å². The third-order valence-corrected chi connectivity index (χ3v) is 3.88. The van der Waals surface area contributed by atoms with Crippen LogP contribution in [0.2, 0.25) is 0 Å². The van der Waals surface area contributed by atoms with Gasteiger partial charge in [-0.25, -0.2) is 5.43 Å². The Kier molecular flexibility index (Phi) is 5.81. The fraction of sp³-hybridized carbons (Fsp3) is 0.100. The van der Waals surface area contributed by atoms with Gasteiger partial charge in [0.05, 0.1) is 36.3 Å². The second-order valence-electron chi connectivity index (χ2n) is 5.80. The van der Waals surface area contributed by atoms with Crippen LogP contribution in [0.5, 0.6) is 5.75 Å². The summed E-state index contributed by atoms with van der Waals surface area (Å²) in [6.45, 7) is 0. The molecule has 1 N–H and O–H groups in total. The van der Waals surface area contributed by atoms with Crippen molar-refractivity contribution in [2.24, 2.45) is 5.10 Å². The molecule has 1 amide bonds. The van der Waals surface area contributed by atoms with Gasteiger partial charge in [-0.1, -0.05) is 30.3 Å². The van der Waals surface area contributed by atoms with Crippen LogP contribution < -0.4 is 10.2 Å². The van der Waals surface area contributed by atoms with Crippen molar-refractivity contribution in [2.75, 3.05) is 7.11 Å².